The van der Waals surface area contributed by atoms with E-state index in [0.29, 0.717) is 0 Å². The third kappa shape index (κ3) is 3.48. The maximum absolute atomic E-state index is 4.86. The van der Waals surface area contributed by atoms with Gasteiger partial charge in [0.1, 0.15) is 24.3 Å². The topological polar surface area (TPSA) is 38.7 Å². The average Bonchev–Trinajstić information content (AvgIpc) is 3.61. The quantitative estimate of drug-likeness (QED) is 0.214. The Bertz CT molecular complexity index is 1940. The van der Waals surface area contributed by atoms with Crippen molar-refractivity contribution in [3.8, 4) is 0 Å². The molecule has 6 nitrogen and oxygen atoms in total. The van der Waals surface area contributed by atoms with Crippen LogP contribution in [0, 0.1) is 5.92 Å². The van der Waals surface area contributed by atoms with E-state index in [1.807, 2.05) is 6.20 Å². The number of fused-ring (bicyclic) bond motifs is 12. The zero-order valence-electron chi connectivity index (χ0n) is 24.5. The second-order valence-electron chi connectivity index (χ2n) is 12.1. The summed E-state index contributed by atoms with van der Waals surface area (Å²) in [5.41, 5.74) is 10.7. The van der Waals surface area contributed by atoms with Gasteiger partial charge in [-0.2, -0.15) is 0 Å². The van der Waals surface area contributed by atoms with Crippen LogP contribution in [0.3, 0.4) is 0 Å². The van der Waals surface area contributed by atoms with E-state index in [1.54, 1.807) is 6.33 Å². The zero-order chi connectivity index (χ0) is 29.4. The number of rotatable bonds is 2. The van der Waals surface area contributed by atoms with Crippen LogP contribution in [0.1, 0.15) is 29.0 Å². The predicted molar refractivity (Wildman–Crippen MR) is 179 cm³/mol. The van der Waals surface area contributed by atoms with Gasteiger partial charge in [-0.15, -0.1) is 0 Å². The van der Waals surface area contributed by atoms with Gasteiger partial charge in [0, 0.05) is 42.0 Å². The molecular weight excluding hydrogens is 540 g/mol. The monoisotopic (exact) mass is 572 g/mol. The Morgan fingerprint density at radius 2 is 1.43 bits per heavy atom. The van der Waals surface area contributed by atoms with Gasteiger partial charge in [0.05, 0.1) is 17.6 Å². The van der Waals surface area contributed by atoms with E-state index in [9.17, 15) is 0 Å². The number of aromatic nitrogens is 2. The van der Waals surface area contributed by atoms with Crippen molar-refractivity contribution in [2.24, 2.45) is 5.92 Å². The van der Waals surface area contributed by atoms with Crippen LogP contribution in [0.2, 0.25) is 0 Å². The van der Waals surface area contributed by atoms with Gasteiger partial charge >= 0.3 is 0 Å². The summed E-state index contributed by atoms with van der Waals surface area (Å²) in [7, 11) is 2.21. The summed E-state index contributed by atoms with van der Waals surface area (Å²) in [5, 5.41) is 0. The van der Waals surface area contributed by atoms with Crippen LogP contribution in [0.5, 0.6) is 0 Å². The first-order chi connectivity index (χ1) is 21.7. The highest BCUT2D eigenvalue weighted by molar-refractivity contribution is 5.91. The Morgan fingerprint density at radius 1 is 0.727 bits per heavy atom. The summed E-state index contributed by atoms with van der Waals surface area (Å²) < 4.78 is 0. The molecule has 4 unspecified atom stereocenters. The molecule has 0 fully saturated rings. The minimum absolute atomic E-state index is 0.0156. The summed E-state index contributed by atoms with van der Waals surface area (Å²) in [6, 6.07) is 39.4. The Labute approximate surface area is 257 Å². The van der Waals surface area contributed by atoms with Crippen molar-refractivity contribution in [3.05, 3.63) is 151 Å². The molecule has 9 rings (SSSR count). The second kappa shape index (κ2) is 9.58. The van der Waals surface area contributed by atoms with Crippen molar-refractivity contribution in [3.63, 3.8) is 0 Å². The first-order valence-electron chi connectivity index (χ1n) is 15.3. The van der Waals surface area contributed by atoms with Gasteiger partial charge in [0.25, 0.3) is 0 Å². The molecule has 6 heteroatoms. The van der Waals surface area contributed by atoms with Crippen LogP contribution in [0.15, 0.2) is 134 Å². The fourth-order valence-corrected chi connectivity index (χ4v) is 8.10. The minimum Gasteiger partial charge on any atom is -0.349 e. The van der Waals surface area contributed by atoms with E-state index in [0.717, 1.165) is 17.9 Å². The van der Waals surface area contributed by atoms with Crippen LogP contribution in [-0.2, 0) is 0 Å². The SMILES string of the molecule is C=C1CC2c3ccccc3N3c4ncncc4N(C)C3C2C2N(C=C(c3ccccc3)N2c2ccccc2)c2ccccc21. The smallest absolute Gasteiger partial charge is 0.161 e. The Hall–Kier alpha value is -5.36. The molecule has 214 valence electrons. The van der Waals surface area contributed by atoms with Gasteiger partial charge in [-0.25, -0.2) is 9.97 Å². The number of hydrogen-bond acceptors (Lipinski definition) is 6. The molecule has 0 radical (unpaired) electrons. The highest BCUT2D eigenvalue weighted by atomic mass is 15.5. The van der Waals surface area contributed by atoms with Gasteiger partial charge in [0.15, 0.2) is 5.82 Å². The first-order valence-corrected chi connectivity index (χ1v) is 15.3. The predicted octanol–water partition coefficient (Wildman–Crippen LogP) is 7.87. The molecular formula is C38H32N6. The number of nitrogens with zero attached hydrogens (tertiary/aromatic N) is 6. The van der Waals surface area contributed by atoms with Gasteiger partial charge in [-0.3, -0.25) is 0 Å². The van der Waals surface area contributed by atoms with E-state index >= 15 is 0 Å². The highest BCUT2D eigenvalue weighted by Crippen LogP contribution is 2.59. The molecule has 0 aliphatic carbocycles. The van der Waals surface area contributed by atoms with Crippen molar-refractivity contribution in [2.45, 2.75) is 24.7 Å². The van der Waals surface area contributed by atoms with E-state index in [-0.39, 0.29) is 24.2 Å². The average molecular weight is 573 g/mol. The fraction of sp³-hybridized carbons (Fsp3) is 0.158. The third-order valence-electron chi connectivity index (χ3n) is 9.89. The van der Waals surface area contributed by atoms with Gasteiger partial charge < -0.3 is 19.6 Å². The molecule has 44 heavy (non-hydrogen) atoms. The lowest BCUT2D eigenvalue weighted by atomic mass is 9.72. The van der Waals surface area contributed by atoms with Crippen LogP contribution in [0.25, 0.3) is 11.3 Å². The number of benzene rings is 4. The van der Waals surface area contributed by atoms with Gasteiger partial charge in [-0.05, 0) is 47.4 Å². The van der Waals surface area contributed by atoms with Crippen molar-refractivity contribution >= 4 is 39.8 Å². The fourth-order valence-electron chi connectivity index (χ4n) is 8.10. The van der Waals surface area contributed by atoms with E-state index < -0.39 is 0 Å². The van der Waals surface area contributed by atoms with E-state index in [1.165, 1.54) is 45.0 Å². The lowest BCUT2D eigenvalue weighted by molar-refractivity contribution is 0.285. The van der Waals surface area contributed by atoms with Crippen molar-refractivity contribution in [2.75, 3.05) is 26.6 Å². The molecule has 1 aromatic heterocycles. The van der Waals surface area contributed by atoms with Crippen LogP contribution >= 0.6 is 0 Å². The third-order valence-corrected chi connectivity index (χ3v) is 9.89. The maximum Gasteiger partial charge on any atom is 0.161 e. The standard InChI is InChI=1S/C38H32N6/c1-25-21-30-29-18-10-12-20-32(29)44-36-33(22-39-24-40-36)41(2)37(44)35(30)38-42(31-19-11-9-17-28(25)31)23-34(26-13-5-3-6-14-26)43(38)27-15-7-4-8-16-27/h3-20,22-24,30,35,37-38H,1,21H2,2H3. The Morgan fingerprint density at radius 3 is 2.25 bits per heavy atom. The van der Waals surface area contributed by atoms with Crippen molar-refractivity contribution in [1.82, 2.24) is 9.97 Å². The number of hydrogen-bond donors (Lipinski definition) is 0. The van der Waals surface area contributed by atoms with Crippen LogP contribution in [-0.4, -0.2) is 29.3 Å². The molecule has 4 aliphatic rings. The number of anilines is 5. The first kappa shape index (κ1) is 25.2. The maximum atomic E-state index is 4.86. The molecule has 5 aromatic rings. The molecule has 0 bridgehead atoms. The van der Waals surface area contributed by atoms with Gasteiger partial charge in [-0.1, -0.05) is 91.5 Å². The Balaban J connectivity index is 1.35. The molecule has 0 amide bonds. The lowest BCUT2D eigenvalue weighted by Crippen LogP contribution is -2.60. The van der Waals surface area contributed by atoms with Crippen molar-refractivity contribution < 1.29 is 0 Å². The molecule has 5 heterocycles. The number of allylic oxidation sites excluding steroid dienone is 1. The summed E-state index contributed by atoms with van der Waals surface area (Å²) in [5.74, 6) is 1.30. The summed E-state index contributed by atoms with van der Waals surface area (Å²) >= 11 is 0. The zero-order valence-corrected chi connectivity index (χ0v) is 24.5. The molecule has 0 saturated carbocycles. The molecule has 4 atom stereocenters. The highest BCUT2D eigenvalue weighted by Gasteiger charge is 2.56. The van der Waals surface area contributed by atoms with Crippen LogP contribution < -0.4 is 19.6 Å². The largest absolute Gasteiger partial charge is 0.349 e. The lowest BCUT2D eigenvalue weighted by Gasteiger charge is -2.53. The molecule has 0 spiro atoms. The van der Waals surface area contributed by atoms with Gasteiger partial charge in [0.2, 0.25) is 0 Å². The number of para-hydroxylation sites is 3. The van der Waals surface area contributed by atoms with E-state index in [4.69, 9.17) is 11.6 Å². The normalized spacial score (nSPS) is 23.0. The molecule has 0 N–H and O–H groups in total. The summed E-state index contributed by atoms with van der Waals surface area (Å²) in [4.78, 5) is 19.3. The van der Waals surface area contributed by atoms with E-state index in [2.05, 4.69) is 147 Å². The summed E-state index contributed by atoms with van der Waals surface area (Å²) in [6.45, 7) is 4.72. The second-order valence-corrected chi connectivity index (χ2v) is 12.1. The molecule has 0 saturated heterocycles. The molecule has 4 aliphatic heterocycles. The minimum atomic E-state index is -0.0302. The summed E-state index contributed by atoms with van der Waals surface area (Å²) in [6.07, 6.45) is 6.86. The van der Waals surface area contributed by atoms with Crippen molar-refractivity contribution in [1.29, 1.82) is 0 Å². The molecule has 4 aromatic carbocycles. The Kier molecular flexibility index (Phi) is 5.48. The van der Waals surface area contributed by atoms with Crippen LogP contribution in [0.4, 0.5) is 28.6 Å².